The van der Waals surface area contributed by atoms with Crippen molar-refractivity contribution in [2.75, 3.05) is 13.2 Å². The Morgan fingerprint density at radius 2 is 1.74 bits per heavy atom. The molecule has 1 heterocycles. The van der Waals surface area contributed by atoms with Crippen molar-refractivity contribution in [1.82, 2.24) is 4.90 Å². The monoisotopic (exact) mass is 387 g/mol. The average molecular weight is 387 g/mol. The van der Waals surface area contributed by atoms with E-state index in [1.807, 2.05) is 37.3 Å². The summed E-state index contributed by atoms with van der Waals surface area (Å²) in [6, 6.07) is 15.8. The lowest BCUT2D eigenvalue weighted by Crippen LogP contribution is -2.30. The van der Waals surface area contributed by atoms with Gasteiger partial charge in [-0.1, -0.05) is 54.1 Å². The molecular weight excluding hydrogens is 366 g/mol. The van der Waals surface area contributed by atoms with Crippen LogP contribution in [0.15, 0.2) is 71.3 Å². The zero-order chi connectivity index (χ0) is 19.3. The van der Waals surface area contributed by atoms with Crippen molar-refractivity contribution < 1.29 is 22.1 Å². The van der Waals surface area contributed by atoms with Gasteiger partial charge in [0.2, 0.25) is 0 Å². The van der Waals surface area contributed by atoms with Gasteiger partial charge in [0.25, 0.3) is 10.1 Å². The topological polar surface area (TPSA) is 72.9 Å². The third-order valence-corrected chi connectivity index (χ3v) is 5.45. The zero-order valence-electron chi connectivity index (χ0n) is 15.0. The van der Waals surface area contributed by atoms with E-state index in [1.165, 1.54) is 17.0 Å². The van der Waals surface area contributed by atoms with Crippen LogP contribution in [0.2, 0.25) is 0 Å². The van der Waals surface area contributed by atoms with E-state index in [-0.39, 0.29) is 18.1 Å². The molecular formula is C20H21NO5S. The first-order chi connectivity index (χ1) is 13.0. The summed E-state index contributed by atoms with van der Waals surface area (Å²) in [4.78, 5) is 13.8. The highest BCUT2D eigenvalue weighted by Gasteiger charge is 2.25. The first-order valence-corrected chi connectivity index (χ1v) is 10.00. The van der Waals surface area contributed by atoms with E-state index >= 15 is 0 Å². The number of carbonyl (C=O) groups is 1. The van der Waals surface area contributed by atoms with E-state index < -0.39 is 16.2 Å². The number of carbonyl (C=O) groups excluding carboxylic acids is 1. The Balaban J connectivity index is 1.58. The second-order valence-electron chi connectivity index (χ2n) is 6.21. The highest BCUT2D eigenvalue weighted by atomic mass is 32.2. The molecule has 2 aromatic rings. The zero-order valence-corrected chi connectivity index (χ0v) is 15.8. The van der Waals surface area contributed by atoms with Crippen LogP contribution in [0.25, 0.3) is 0 Å². The second kappa shape index (κ2) is 8.37. The highest BCUT2D eigenvalue weighted by Crippen LogP contribution is 2.20. The molecule has 2 aromatic carbocycles. The van der Waals surface area contributed by atoms with E-state index in [1.54, 1.807) is 18.2 Å². The van der Waals surface area contributed by atoms with Crippen molar-refractivity contribution in [3.63, 3.8) is 0 Å². The maximum Gasteiger partial charge on any atom is 0.414 e. The Kier molecular flexibility index (Phi) is 5.93. The van der Waals surface area contributed by atoms with Crippen molar-refractivity contribution in [2.45, 2.75) is 24.8 Å². The Bertz CT molecular complexity index is 921. The predicted octanol–water partition coefficient (Wildman–Crippen LogP) is 3.63. The number of hydrogen-bond donors (Lipinski definition) is 0. The van der Waals surface area contributed by atoms with Gasteiger partial charge in [-0.2, -0.15) is 8.42 Å². The van der Waals surface area contributed by atoms with Gasteiger partial charge in [0.05, 0.1) is 4.90 Å². The summed E-state index contributed by atoms with van der Waals surface area (Å²) in [5.74, 6) is 0. The van der Waals surface area contributed by atoms with Crippen molar-refractivity contribution in [3.8, 4) is 0 Å². The number of rotatable bonds is 6. The summed E-state index contributed by atoms with van der Waals surface area (Å²) in [5, 5.41) is 0. The minimum atomic E-state index is -3.89. The lowest BCUT2D eigenvalue weighted by atomic mass is 10.2. The fourth-order valence-corrected chi connectivity index (χ4v) is 3.55. The van der Waals surface area contributed by atoms with Gasteiger partial charge in [-0.15, -0.1) is 0 Å². The van der Waals surface area contributed by atoms with Crippen molar-refractivity contribution in [1.29, 1.82) is 0 Å². The van der Waals surface area contributed by atoms with Gasteiger partial charge in [-0.05, 0) is 31.0 Å². The average Bonchev–Trinajstić information content (AvgIpc) is 3.14. The maximum atomic E-state index is 12.3. The van der Waals surface area contributed by atoms with Crippen molar-refractivity contribution in [3.05, 3.63) is 77.5 Å². The molecule has 0 N–H and O–H groups in total. The molecule has 0 atom stereocenters. The lowest BCUT2D eigenvalue weighted by molar-refractivity contribution is 0.106. The molecule has 0 bridgehead atoms. The molecule has 6 nitrogen and oxygen atoms in total. The molecule has 0 aliphatic carbocycles. The number of ether oxygens (including phenoxy) is 1. The molecule has 1 aliphatic rings. The first kappa shape index (κ1) is 19.1. The van der Waals surface area contributed by atoms with E-state index in [4.69, 9.17) is 8.92 Å². The largest absolute Gasteiger partial charge is 0.444 e. The second-order valence-corrected chi connectivity index (χ2v) is 7.82. The van der Waals surface area contributed by atoms with Crippen LogP contribution in [0, 0.1) is 6.92 Å². The minimum absolute atomic E-state index is 0.0879. The Hall–Kier alpha value is -2.64. The van der Waals surface area contributed by atoms with Crippen molar-refractivity contribution in [2.24, 2.45) is 0 Å². The Morgan fingerprint density at radius 3 is 2.44 bits per heavy atom. The molecule has 142 valence electrons. The SMILES string of the molecule is Cc1ccc(S(=O)(=O)OCC2=CCCN2C(=O)OCc2ccccc2)cc1. The molecule has 0 spiro atoms. The van der Waals surface area contributed by atoms with E-state index in [0.717, 1.165) is 11.1 Å². The Morgan fingerprint density at radius 1 is 1.04 bits per heavy atom. The van der Waals surface area contributed by atoms with E-state index in [9.17, 15) is 13.2 Å². The molecule has 3 rings (SSSR count). The van der Waals surface area contributed by atoms with Gasteiger partial charge in [-0.25, -0.2) is 4.79 Å². The van der Waals surface area contributed by atoms with Gasteiger partial charge in [-0.3, -0.25) is 9.08 Å². The third-order valence-electron chi connectivity index (χ3n) is 4.18. The number of nitrogens with zero attached hydrogens (tertiary/aromatic N) is 1. The van der Waals surface area contributed by atoms with Crippen LogP contribution in [-0.4, -0.2) is 32.6 Å². The normalized spacial score (nSPS) is 14.1. The lowest BCUT2D eigenvalue weighted by Gasteiger charge is -2.20. The number of aryl methyl sites for hydroxylation is 1. The molecule has 27 heavy (non-hydrogen) atoms. The van der Waals surface area contributed by atoms with Crippen LogP contribution in [0.4, 0.5) is 4.79 Å². The molecule has 7 heteroatoms. The molecule has 1 amide bonds. The highest BCUT2D eigenvalue weighted by molar-refractivity contribution is 7.86. The van der Waals surface area contributed by atoms with Crippen LogP contribution in [0.5, 0.6) is 0 Å². The summed E-state index contributed by atoms with van der Waals surface area (Å²) < 4.78 is 35.1. The predicted molar refractivity (Wildman–Crippen MR) is 100 cm³/mol. The molecule has 0 saturated carbocycles. The molecule has 1 aliphatic heterocycles. The van der Waals surface area contributed by atoms with Gasteiger partial charge >= 0.3 is 6.09 Å². The maximum absolute atomic E-state index is 12.3. The number of amides is 1. The summed E-state index contributed by atoms with van der Waals surface area (Å²) in [6.07, 6.45) is 1.90. The number of hydrogen-bond acceptors (Lipinski definition) is 5. The van der Waals surface area contributed by atoms with Crippen LogP contribution >= 0.6 is 0 Å². The molecule has 0 fully saturated rings. The first-order valence-electron chi connectivity index (χ1n) is 8.59. The quantitative estimate of drug-likeness (QED) is 0.708. The van der Waals surface area contributed by atoms with Gasteiger partial charge < -0.3 is 4.74 Å². The van der Waals surface area contributed by atoms with Gasteiger partial charge in [0, 0.05) is 12.2 Å². The van der Waals surface area contributed by atoms with Crippen LogP contribution in [-0.2, 0) is 25.6 Å². The van der Waals surface area contributed by atoms with Crippen molar-refractivity contribution >= 4 is 16.2 Å². The van der Waals surface area contributed by atoms with Crippen LogP contribution in [0.1, 0.15) is 17.5 Å². The summed E-state index contributed by atoms with van der Waals surface area (Å²) >= 11 is 0. The molecule has 0 radical (unpaired) electrons. The summed E-state index contributed by atoms with van der Waals surface area (Å²) in [6.45, 7) is 2.26. The minimum Gasteiger partial charge on any atom is -0.444 e. The standard InChI is InChI=1S/C20H21NO5S/c1-16-9-11-19(12-10-16)27(23,24)26-15-18-8-5-13-21(18)20(22)25-14-17-6-3-2-4-7-17/h2-4,6-12H,5,13-15H2,1H3. The van der Waals surface area contributed by atoms with Gasteiger partial charge in [0.1, 0.15) is 13.2 Å². The van der Waals surface area contributed by atoms with E-state index in [0.29, 0.717) is 18.7 Å². The van der Waals surface area contributed by atoms with Gasteiger partial charge in [0.15, 0.2) is 0 Å². The summed E-state index contributed by atoms with van der Waals surface area (Å²) in [7, 11) is -3.89. The third kappa shape index (κ3) is 4.96. The summed E-state index contributed by atoms with van der Waals surface area (Å²) in [5.41, 5.74) is 2.33. The number of benzene rings is 2. The molecule has 0 saturated heterocycles. The molecule has 0 unspecified atom stereocenters. The fraction of sp³-hybridized carbons (Fsp3) is 0.250. The molecule has 0 aromatic heterocycles. The van der Waals surface area contributed by atoms with Crippen LogP contribution < -0.4 is 0 Å². The fourth-order valence-electron chi connectivity index (χ4n) is 2.67. The Labute approximate surface area is 159 Å². The van der Waals surface area contributed by atoms with E-state index in [2.05, 4.69) is 0 Å². The van der Waals surface area contributed by atoms with Crippen LogP contribution in [0.3, 0.4) is 0 Å². The smallest absolute Gasteiger partial charge is 0.414 e.